The largest absolute Gasteiger partial charge is 0.497 e. The number of ketones is 1. The molecule has 8 unspecified atom stereocenters. The molecule has 8 heteroatoms. The van der Waals surface area contributed by atoms with Crippen LogP contribution in [0.2, 0.25) is 0 Å². The summed E-state index contributed by atoms with van der Waals surface area (Å²) in [5.74, 6) is 0.873. The van der Waals surface area contributed by atoms with E-state index < -0.39 is 27.9 Å². The molecule has 3 fully saturated rings. The average molecular weight is 745 g/mol. The first-order valence-electron chi connectivity index (χ1n) is 20.2. The van der Waals surface area contributed by atoms with Gasteiger partial charge >= 0.3 is 6.03 Å². The van der Waals surface area contributed by atoms with E-state index in [2.05, 4.69) is 49.5 Å². The molecule has 8 nitrogen and oxygen atoms in total. The van der Waals surface area contributed by atoms with Crippen molar-refractivity contribution in [2.45, 2.75) is 76.9 Å². The number of urea groups is 1. The topological polar surface area (TPSA) is 108 Å². The van der Waals surface area contributed by atoms with Gasteiger partial charge in [0.2, 0.25) is 0 Å². The van der Waals surface area contributed by atoms with Crippen LogP contribution in [0.25, 0.3) is 11.1 Å². The van der Waals surface area contributed by atoms with Crippen molar-refractivity contribution in [3.63, 3.8) is 0 Å². The van der Waals surface area contributed by atoms with Crippen LogP contribution in [0.4, 0.5) is 10.5 Å². The number of hydrogen-bond acceptors (Lipinski definition) is 6. The summed E-state index contributed by atoms with van der Waals surface area (Å²) in [6.45, 7) is 5.72. The van der Waals surface area contributed by atoms with E-state index in [4.69, 9.17) is 9.47 Å². The number of anilines is 1. The maximum atomic E-state index is 15.5. The summed E-state index contributed by atoms with van der Waals surface area (Å²) in [6.07, 6.45) is 12.3. The Labute approximate surface area is 325 Å². The van der Waals surface area contributed by atoms with Gasteiger partial charge in [0.15, 0.2) is 5.78 Å². The number of aliphatic hydroxyl groups is 2. The number of aliphatic hydroxyl groups excluding tert-OH is 1. The summed E-state index contributed by atoms with van der Waals surface area (Å²) in [7, 11) is 3.27. The molecule has 0 heterocycles. The minimum Gasteiger partial charge on any atom is -0.497 e. The Morgan fingerprint density at radius 2 is 1.55 bits per heavy atom. The molecule has 3 N–H and O–H groups in total. The molecule has 2 amide bonds. The number of carbonyl (C=O) groups excluding carboxylic acids is 2. The zero-order chi connectivity index (χ0) is 38.6. The van der Waals surface area contributed by atoms with Crippen LogP contribution in [0.5, 0.6) is 5.75 Å². The van der Waals surface area contributed by atoms with E-state index in [1.807, 2.05) is 66.7 Å². The van der Waals surface area contributed by atoms with E-state index in [9.17, 15) is 15.0 Å². The molecule has 9 rings (SSSR count). The van der Waals surface area contributed by atoms with Gasteiger partial charge in [0, 0.05) is 53.3 Å². The summed E-state index contributed by atoms with van der Waals surface area (Å²) in [4.78, 5) is 31.2. The van der Waals surface area contributed by atoms with E-state index in [1.54, 1.807) is 19.1 Å². The highest BCUT2D eigenvalue weighted by Crippen LogP contribution is 2.78. The van der Waals surface area contributed by atoms with Crippen molar-refractivity contribution >= 4 is 17.5 Å². The van der Waals surface area contributed by atoms with E-state index in [0.29, 0.717) is 49.4 Å². The number of fused-ring (bicyclic) bond motifs is 1. The molecule has 2 bridgehead atoms. The third-order valence-electron chi connectivity index (χ3n) is 15.1. The summed E-state index contributed by atoms with van der Waals surface area (Å²) >= 11 is 0. The van der Waals surface area contributed by atoms with E-state index in [-0.39, 0.29) is 35.6 Å². The number of hydrogen-bond donors (Lipinski definition) is 3. The zero-order valence-corrected chi connectivity index (χ0v) is 32.7. The Bertz CT molecular complexity index is 2000. The van der Waals surface area contributed by atoms with Gasteiger partial charge in [-0.25, -0.2) is 4.79 Å². The van der Waals surface area contributed by atoms with Gasteiger partial charge in [0.25, 0.3) is 0 Å². The molecule has 290 valence electrons. The number of carbonyl (C=O) groups is 2. The Morgan fingerprint density at radius 3 is 2.29 bits per heavy atom. The van der Waals surface area contributed by atoms with E-state index in [1.165, 1.54) is 0 Å². The van der Waals surface area contributed by atoms with Crippen LogP contribution >= 0.6 is 0 Å². The van der Waals surface area contributed by atoms with Gasteiger partial charge in [0.05, 0.1) is 25.4 Å². The lowest BCUT2D eigenvalue weighted by Gasteiger charge is -2.71. The molecule has 3 aromatic carbocycles. The van der Waals surface area contributed by atoms with Crippen LogP contribution < -0.4 is 10.1 Å². The van der Waals surface area contributed by atoms with Crippen molar-refractivity contribution in [1.29, 1.82) is 0 Å². The molecule has 2 spiro atoms. The predicted octanol–water partition coefficient (Wildman–Crippen LogP) is 8.71. The van der Waals surface area contributed by atoms with Crippen molar-refractivity contribution in [3.8, 4) is 16.9 Å². The Morgan fingerprint density at radius 1 is 0.855 bits per heavy atom. The smallest absolute Gasteiger partial charge is 0.321 e. The fraction of sp³-hybridized carbons (Fsp3) is 0.489. The van der Waals surface area contributed by atoms with Gasteiger partial charge in [-0.3, -0.25) is 4.79 Å². The molecular weight excluding hydrogens is 689 g/mol. The van der Waals surface area contributed by atoms with Gasteiger partial charge < -0.3 is 29.9 Å². The molecule has 0 aliphatic heterocycles. The van der Waals surface area contributed by atoms with Crippen LogP contribution in [0, 0.1) is 33.5 Å². The van der Waals surface area contributed by atoms with Crippen LogP contribution in [-0.2, 0) is 4.74 Å². The number of amides is 2. The van der Waals surface area contributed by atoms with Crippen LogP contribution in [0.1, 0.15) is 75.6 Å². The van der Waals surface area contributed by atoms with Crippen LogP contribution in [0.3, 0.4) is 0 Å². The lowest BCUT2D eigenvalue weighted by molar-refractivity contribution is -0.174. The lowest BCUT2D eigenvalue weighted by Crippen LogP contribution is -2.67. The molecule has 0 aromatic heterocycles. The second kappa shape index (κ2) is 14.1. The van der Waals surface area contributed by atoms with Crippen molar-refractivity contribution in [1.82, 2.24) is 4.90 Å². The molecular formula is C47H56N2O6. The maximum absolute atomic E-state index is 15.5. The fourth-order valence-electron chi connectivity index (χ4n) is 12.1. The normalized spacial score (nSPS) is 34.2. The molecule has 0 radical (unpaired) electrons. The Balaban J connectivity index is 1.19. The average Bonchev–Trinajstić information content (AvgIpc) is 3.47. The zero-order valence-electron chi connectivity index (χ0n) is 32.7. The van der Waals surface area contributed by atoms with Gasteiger partial charge in [-0.15, -0.1) is 0 Å². The number of methoxy groups -OCH3 is 2. The quantitative estimate of drug-likeness (QED) is 0.103. The molecule has 6 aliphatic carbocycles. The number of ether oxygens (including phenoxy) is 2. The number of Topliss-reactive ketones (excluding diaryl/α,β-unsaturated/α-hetero) is 1. The second-order valence-corrected chi connectivity index (χ2v) is 17.5. The number of allylic oxidation sites excluding steroid dienone is 4. The highest BCUT2D eigenvalue weighted by molar-refractivity contribution is 6.14. The summed E-state index contributed by atoms with van der Waals surface area (Å²) in [6, 6.07) is 25.0. The number of benzene rings is 3. The highest BCUT2D eigenvalue weighted by Gasteiger charge is 2.74. The third kappa shape index (κ3) is 5.81. The van der Waals surface area contributed by atoms with Crippen LogP contribution in [0.15, 0.2) is 103 Å². The maximum Gasteiger partial charge on any atom is 0.321 e. The molecule has 55 heavy (non-hydrogen) atoms. The Hall–Kier alpha value is -4.24. The van der Waals surface area contributed by atoms with Crippen LogP contribution in [-0.4, -0.2) is 72.5 Å². The van der Waals surface area contributed by atoms with Gasteiger partial charge in [-0.2, -0.15) is 0 Å². The summed E-state index contributed by atoms with van der Waals surface area (Å²) < 4.78 is 10.7. The summed E-state index contributed by atoms with van der Waals surface area (Å²) in [5, 5.41) is 27.3. The first kappa shape index (κ1) is 37.7. The van der Waals surface area contributed by atoms with Crippen molar-refractivity contribution in [3.05, 3.63) is 108 Å². The van der Waals surface area contributed by atoms with Crippen molar-refractivity contribution in [2.75, 3.05) is 39.2 Å². The Kier molecular flexibility index (Phi) is 9.62. The molecule has 8 atom stereocenters. The standard InChI is InChI=1S/C47H56N2O6/c1-43-22-19-34(50)29-45(43)25-26-47(38(30-45)41(51)37-14-9-8-13-36(37)32-11-6-5-7-12-32)39(43)20-23-44(2)40(47)21-24-46(44,53)31-49(27-10-28-54-3)42(52)48-33-15-17-35(55-4)18-16-33/h5-9,11-18,25-26,30,34,39-40,50,53H,10,19-24,27-29,31H2,1-4H3,(H,48,52). The first-order valence-corrected chi connectivity index (χ1v) is 20.2. The van der Waals surface area contributed by atoms with Gasteiger partial charge in [-0.1, -0.05) is 86.7 Å². The second-order valence-electron chi connectivity index (χ2n) is 17.5. The minimum atomic E-state index is -1.19. The molecule has 0 saturated heterocycles. The SMILES string of the molecule is COCCCN(CC1(O)CCC2C34C=CC5(C=C3C(=O)c3ccccc3-c3ccccc3)CC(O)CCC5(C)C4CCC21C)C(=O)Nc1ccc(OC)cc1. The number of nitrogens with one attached hydrogen (secondary N) is 1. The molecule has 3 aromatic rings. The lowest BCUT2D eigenvalue weighted by atomic mass is 9.32. The van der Waals surface area contributed by atoms with Crippen molar-refractivity contribution in [2.24, 2.45) is 33.5 Å². The van der Waals surface area contributed by atoms with Gasteiger partial charge in [0.1, 0.15) is 5.75 Å². The van der Waals surface area contributed by atoms with Gasteiger partial charge in [-0.05, 0) is 104 Å². The number of nitrogens with zero attached hydrogens (tertiary/aromatic N) is 1. The number of rotatable bonds is 11. The minimum absolute atomic E-state index is 0.0356. The molecule has 3 saturated carbocycles. The van der Waals surface area contributed by atoms with E-state index in [0.717, 1.165) is 48.8 Å². The third-order valence-corrected chi connectivity index (χ3v) is 15.1. The first-order chi connectivity index (χ1) is 26.4. The molecule has 6 aliphatic rings. The highest BCUT2D eigenvalue weighted by atomic mass is 16.5. The monoisotopic (exact) mass is 744 g/mol. The van der Waals surface area contributed by atoms with Crippen molar-refractivity contribution < 1.29 is 29.3 Å². The predicted molar refractivity (Wildman–Crippen MR) is 215 cm³/mol. The van der Waals surface area contributed by atoms with E-state index >= 15 is 4.79 Å². The summed E-state index contributed by atoms with van der Waals surface area (Å²) in [5.41, 5.74) is 1.11. The fourth-order valence-corrected chi connectivity index (χ4v) is 12.1.